The first-order valence-electron chi connectivity index (χ1n) is 8.51. The van der Waals surface area contributed by atoms with Gasteiger partial charge in [0.1, 0.15) is 11.6 Å². The van der Waals surface area contributed by atoms with E-state index < -0.39 is 18.5 Å². The highest BCUT2D eigenvalue weighted by Crippen LogP contribution is 2.25. The van der Waals surface area contributed by atoms with E-state index in [0.717, 1.165) is 16.8 Å². The largest absolute Gasteiger partial charge is 0.456 e. The summed E-state index contributed by atoms with van der Waals surface area (Å²) in [5.74, 6) is -0.626. The van der Waals surface area contributed by atoms with Gasteiger partial charge in [-0.2, -0.15) is 0 Å². The fourth-order valence-electron chi connectivity index (χ4n) is 2.54. The maximum Gasteiger partial charge on any atom is 0.306 e. The minimum absolute atomic E-state index is 0.127. The topological polar surface area (TPSA) is 94.3 Å². The molecule has 1 N–H and O–H groups in total. The molecule has 3 rings (SSSR count). The zero-order valence-electron chi connectivity index (χ0n) is 15.3. The second-order valence-corrected chi connectivity index (χ2v) is 6.91. The predicted molar refractivity (Wildman–Crippen MR) is 101 cm³/mol. The summed E-state index contributed by atoms with van der Waals surface area (Å²) in [6.45, 7) is 3.19. The molecule has 1 aromatic carbocycles. The van der Waals surface area contributed by atoms with Crippen LogP contribution in [0.5, 0.6) is 0 Å². The number of aryl methyl sites for hydroxylation is 2. The van der Waals surface area contributed by atoms with Crippen molar-refractivity contribution in [1.29, 1.82) is 0 Å². The third kappa shape index (κ3) is 5.01. The molecule has 0 radical (unpaired) electrons. The number of esters is 1. The molecule has 0 aliphatic rings. The van der Waals surface area contributed by atoms with Gasteiger partial charge in [0.05, 0.1) is 11.4 Å². The van der Waals surface area contributed by atoms with Crippen LogP contribution in [-0.2, 0) is 20.7 Å². The maximum absolute atomic E-state index is 13.0. The molecule has 146 valence electrons. The predicted octanol–water partition coefficient (Wildman–Crippen LogP) is 3.67. The van der Waals surface area contributed by atoms with Crippen LogP contribution in [0.2, 0.25) is 0 Å². The Morgan fingerprint density at radius 1 is 1.25 bits per heavy atom. The SMILES string of the molecule is Cc1noc(C)c1CCC(=O)OCC(=O)Nc1nc(-c2ccc(F)cc2)cs1. The Morgan fingerprint density at radius 3 is 2.68 bits per heavy atom. The van der Waals surface area contributed by atoms with Crippen molar-refractivity contribution in [3.8, 4) is 11.3 Å². The Labute approximate surface area is 164 Å². The van der Waals surface area contributed by atoms with E-state index in [1.807, 2.05) is 0 Å². The summed E-state index contributed by atoms with van der Waals surface area (Å²) in [7, 11) is 0. The standard InChI is InChI=1S/C19H18FN3O4S/c1-11-15(12(2)27-23-11)7-8-18(25)26-9-17(24)22-19-21-16(10-28-19)13-3-5-14(20)6-4-13/h3-6,10H,7-9H2,1-2H3,(H,21,22,24). The number of amides is 1. The van der Waals surface area contributed by atoms with E-state index in [9.17, 15) is 14.0 Å². The Hall–Kier alpha value is -3.07. The van der Waals surface area contributed by atoms with Gasteiger partial charge in [0.15, 0.2) is 11.7 Å². The molecule has 0 fully saturated rings. The van der Waals surface area contributed by atoms with Gasteiger partial charge >= 0.3 is 5.97 Å². The molecule has 0 saturated heterocycles. The van der Waals surface area contributed by atoms with Crippen molar-refractivity contribution < 1.29 is 23.2 Å². The van der Waals surface area contributed by atoms with E-state index in [0.29, 0.717) is 23.0 Å². The molecule has 7 nitrogen and oxygen atoms in total. The van der Waals surface area contributed by atoms with Crippen LogP contribution in [0.3, 0.4) is 0 Å². The van der Waals surface area contributed by atoms with E-state index in [-0.39, 0.29) is 12.2 Å². The number of thiazole rings is 1. The maximum atomic E-state index is 13.0. The van der Waals surface area contributed by atoms with Gasteiger partial charge in [0, 0.05) is 22.9 Å². The van der Waals surface area contributed by atoms with Gasteiger partial charge in [0.2, 0.25) is 0 Å². The number of halogens is 1. The van der Waals surface area contributed by atoms with Crippen molar-refractivity contribution in [2.75, 3.05) is 11.9 Å². The lowest BCUT2D eigenvalue weighted by atomic mass is 10.1. The first-order valence-corrected chi connectivity index (χ1v) is 9.39. The lowest BCUT2D eigenvalue weighted by Gasteiger charge is -2.05. The molecule has 0 unspecified atom stereocenters. The Kier molecular flexibility index (Phi) is 6.15. The molecular formula is C19H18FN3O4S. The van der Waals surface area contributed by atoms with Crippen LogP contribution < -0.4 is 5.32 Å². The number of nitrogens with one attached hydrogen (secondary N) is 1. The number of aromatic nitrogens is 2. The molecule has 0 spiro atoms. The average Bonchev–Trinajstić information content (AvgIpc) is 3.26. The third-order valence-corrected chi connectivity index (χ3v) is 4.77. The molecule has 0 aliphatic heterocycles. The minimum atomic E-state index is -0.485. The molecule has 2 aromatic heterocycles. The number of rotatable bonds is 7. The van der Waals surface area contributed by atoms with Crippen LogP contribution in [0.4, 0.5) is 9.52 Å². The minimum Gasteiger partial charge on any atom is -0.456 e. The number of nitrogens with zero attached hydrogens (tertiary/aromatic N) is 2. The van der Waals surface area contributed by atoms with Gasteiger partial charge in [-0.25, -0.2) is 9.37 Å². The molecular weight excluding hydrogens is 385 g/mol. The zero-order valence-corrected chi connectivity index (χ0v) is 16.1. The average molecular weight is 403 g/mol. The summed E-state index contributed by atoms with van der Waals surface area (Å²) < 4.78 is 23.0. The third-order valence-electron chi connectivity index (χ3n) is 4.02. The van der Waals surface area contributed by atoms with Crippen molar-refractivity contribution in [2.45, 2.75) is 26.7 Å². The number of hydrogen-bond donors (Lipinski definition) is 1. The number of carbonyl (C=O) groups excluding carboxylic acids is 2. The van der Waals surface area contributed by atoms with Crippen molar-refractivity contribution in [2.24, 2.45) is 0 Å². The fourth-order valence-corrected chi connectivity index (χ4v) is 3.28. The molecule has 3 aromatic rings. The van der Waals surface area contributed by atoms with E-state index in [2.05, 4.69) is 15.5 Å². The number of benzene rings is 1. The van der Waals surface area contributed by atoms with E-state index in [1.165, 1.54) is 23.5 Å². The van der Waals surface area contributed by atoms with Gasteiger partial charge in [-0.05, 0) is 44.5 Å². The van der Waals surface area contributed by atoms with Crippen LogP contribution >= 0.6 is 11.3 Å². The molecule has 9 heteroatoms. The van der Waals surface area contributed by atoms with Gasteiger partial charge in [-0.1, -0.05) is 5.16 Å². The lowest BCUT2D eigenvalue weighted by molar-refractivity contribution is -0.147. The van der Waals surface area contributed by atoms with E-state index in [1.54, 1.807) is 31.4 Å². The highest BCUT2D eigenvalue weighted by atomic mass is 32.1. The van der Waals surface area contributed by atoms with Crippen molar-refractivity contribution in [3.63, 3.8) is 0 Å². The second-order valence-electron chi connectivity index (χ2n) is 6.06. The zero-order chi connectivity index (χ0) is 20.1. The van der Waals surface area contributed by atoms with Crippen LogP contribution in [-0.4, -0.2) is 28.6 Å². The second kappa shape index (κ2) is 8.75. The first kappa shape index (κ1) is 19.7. The summed E-state index contributed by atoms with van der Waals surface area (Å²) in [6.07, 6.45) is 0.567. The Balaban J connectivity index is 1.45. The van der Waals surface area contributed by atoms with E-state index in [4.69, 9.17) is 9.26 Å². The summed E-state index contributed by atoms with van der Waals surface area (Å²) in [4.78, 5) is 28.1. The van der Waals surface area contributed by atoms with Gasteiger partial charge in [0.25, 0.3) is 5.91 Å². The van der Waals surface area contributed by atoms with Crippen LogP contribution in [0, 0.1) is 19.7 Å². The number of anilines is 1. The number of hydrogen-bond acceptors (Lipinski definition) is 7. The summed E-state index contributed by atoms with van der Waals surface area (Å²) in [5.41, 5.74) is 2.97. The molecule has 28 heavy (non-hydrogen) atoms. The first-order chi connectivity index (χ1) is 13.4. The highest BCUT2D eigenvalue weighted by Gasteiger charge is 2.14. The fraction of sp³-hybridized carbons (Fsp3) is 0.263. The normalized spacial score (nSPS) is 10.7. The number of carbonyl (C=O) groups is 2. The van der Waals surface area contributed by atoms with E-state index >= 15 is 0 Å². The van der Waals surface area contributed by atoms with Crippen LogP contribution in [0.1, 0.15) is 23.4 Å². The van der Waals surface area contributed by atoms with Gasteiger partial charge in [-0.3, -0.25) is 14.9 Å². The lowest BCUT2D eigenvalue weighted by Crippen LogP contribution is -2.21. The van der Waals surface area contributed by atoms with Crippen molar-refractivity contribution in [1.82, 2.24) is 10.1 Å². The molecule has 0 saturated carbocycles. The van der Waals surface area contributed by atoms with Gasteiger partial charge in [-0.15, -0.1) is 11.3 Å². The quantitative estimate of drug-likeness (QED) is 0.605. The molecule has 1 amide bonds. The van der Waals surface area contributed by atoms with Gasteiger partial charge < -0.3 is 9.26 Å². The number of ether oxygens (including phenoxy) is 1. The van der Waals surface area contributed by atoms with Crippen LogP contribution in [0.15, 0.2) is 34.2 Å². The molecule has 0 bridgehead atoms. The monoisotopic (exact) mass is 403 g/mol. The van der Waals surface area contributed by atoms with Crippen molar-refractivity contribution in [3.05, 3.63) is 52.5 Å². The summed E-state index contributed by atoms with van der Waals surface area (Å²) in [6, 6.07) is 5.90. The Bertz CT molecular complexity index is 962. The van der Waals surface area contributed by atoms with Crippen molar-refractivity contribution >= 4 is 28.3 Å². The smallest absolute Gasteiger partial charge is 0.306 e. The summed E-state index contributed by atoms with van der Waals surface area (Å²) >= 11 is 1.23. The highest BCUT2D eigenvalue weighted by molar-refractivity contribution is 7.14. The summed E-state index contributed by atoms with van der Waals surface area (Å²) in [5, 5.41) is 8.53. The molecule has 2 heterocycles. The Morgan fingerprint density at radius 2 is 2.00 bits per heavy atom. The molecule has 0 aliphatic carbocycles. The molecule has 0 atom stereocenters. The van der Waals surface area contributed by atoms with Crippen LogP contribution in [0.25, 0.3) is 11.3 Å².